The molecule has 1 aromatic carbocycles. The van der Waals surface area contributed by atoms with Gasteiger partial charge in [-0.2, -0.15) is 0 Å². The van der Waals surface area contributed by atoms with Gasteiger partial charge in [0, 0.05) is 44.2 Å². The number of carbonyl (C=O) groups is 2. The fourth-order valence-corrected chi connectivity index (χ4v) is 2.70. The van der Waals surface area contributed by atoms with E-state index in [9.17, 15) is 9.59 Å². The maximum absolute atomic E-state index is 12.3. The van der Waals surface area contributed by atoms with E-state index in [0.717, 1.165) is 18.5 Å². The maximum atomic E-state index is 12.3. The monoisotopic (exact) mass is 303 g/mol. The molecular weight excluding hydrogens is 278 g/mol. The topological polar surface area (TPSA) is 66.6 Å². The summed E-state index contributed by atoms with van der Waals surface area (Å²) in [5.74, 6) is 0.141. The molecule has 5 heteroatoms. The number of hydrogen-bond donors (Lipinski definition) is 1. The number of nitrogens with zero attached hydrogens (tertiary/aromatic N) is 2. The van der Waals surface area contributed by atoms with Gasteiger partial charge in [0.05, 0.1) is 0 Å². The van der Waals surface area contributed by atoms with Crippen LogP contribution < -0.4 is 5.73 Å². The number of hydrogen-bond acceptors (Lipinski definition) is 3. The van der Waals surface area contributed by atoms with Crippen molar-refractivity contribution in [3.05, 3.63) is 35.4 Å². The molecular formula is C17H25N3O2. The predicted molar refractivity (Wildman–Crippen MR) is 86.2 cm³/mol. The first-order valence-corrected chi connectivity index (χ1v) is 7.77. The van der Waals surface area contributed by atoms with Gasteiger partial charge in [-0.05, 0) is 24.1 Å². The van der Waals surface area contributed by atoms with Crippen molar-refractivity contribution in [2.24, 2.45) is 11.7 Å². The summed E-state index contributed by atoms with van der Waals surface area (Å²) in [5.41, 5.74) is 7.54. The molecule has 0 bridgehead atoms. The van der Waals surface area contributed by atoms with Crippen LogP contribution in [0.3, 0.4) is 0 Å². The van der Waals surface area contributed by atoms with Gasteiger partial charge in [-0.25, -0.2) is 0 Å². The molecule has 1 fully saturated rings. The number of likely N-dealkylation sites (tertiary alicyclic amines) is 1. The first-order valence-electron chi connectivity index (χ1n) is 7.77. The Kier molecular flexibility index (Phi) is 5.19. The Labute approximate surface area is 132 Å². The van der Waals surface area contributed by atoms with Crippen LogP contribution in [0.2, 0.25) is 0 Å². The lowest BCUT2D eigenvalue weighted by Gasteiger charge is -2.20. The molecule has 0 spiro atoms. The second kappa shape index (κ2) is 6.92. The zero-order chi connectivity index (χ0) is 16.3. The van der Waals surface area contributed by atoms with Crippen molar-refractivity contribution in [2.75, 3.05) is 20.1 Å². The van der Waals surface area contributed by atoms with Gasteiger partial charge >= 0.3 is 0 Å². The average Bonchev–Trinajstić information content (AvgIpc) is 2.93. The van der Waals surface area contributed by atoms with Crippen LogP contribution in [0.1, 0.15) is 36.2 Å². The molecule has 1 saturated heterocycles. The quantitative estimate of drug-likeness (QED) is 0.916. The highest BCUT2D eigenvalue weighted by Gasteiger charge is 2.24. The standard InChI is InChI=1S/C17H25N3O2/c1-12(2)16(21)19(3)10-13-4-6-14(7-5-13)17(22)20-9-8-15(18)11-20/h4-7,12,15H,8-11,18H2,1-3H3/t15-/m1/s1. The van der Waals surface area contributed by atoms with Crippen LogP contribution in [0.25, 0.3) is 0 Å². The molecule has 1 aliphatic heterocycles. The molecule has 2 amide bonds. The van der Waals surface area contributed by atoms with Crippen molar-refractivity contribution in [3.63, 3.8) is 0 Å². The van der Waals surface area contributed by atoms with Gasteiger partial charge in [-0.3, -0.25) is 9.59 Å². The van der Waals surface area contributed by atoms with E-state index in [4.69, 9.17) is 5.73 Å². The molecule has 1 aromatic rings. The van der Waals surface area contributed by atoms with Gasteiger partial charge in [0.1, 0.15) is 0 Å². The number of rotatable bonds is 4. The molecule has 0 unspecified atom stereocenters. The second-order valence-electron chi connectivity index (χ2n) is 6.35. The van der Waals surface area contributed by atoms with Crippen LogP contribution in [0.4, 0.5) is 0 Å². The van der Waals surface area contributed by atoms with E-state index in [1.165, 1.54) is 0 Å². The Morgan fingerprint density at radius 3 is 2.45 bits per heavy atom. The number of nitrogens with two attached hydrogens (primary N) is 1. The number of carbonyl (C=O) groups excluding carboxylic acids is 2. The van der Waals surface area contributed by atoms with Gasteiger partial charge < -0.3 is 15.5 Å². The lowest BCUT2D eigenvalue weighted by atomic mass is 10.1. The van der Waals surface area contributed by atoms with E-state index < -0.39 is 0 Å². The van der Waals surface area contributed by atoms with Crippen molar-refractivity contribution in [3.8, 4) is 0 Å². The van der Waals surface area contributed by atoms with Crippen LogP contribution in [0.15, 0.2) is 24.3 Å². The van der Waals surface area contributed by atoms with Crippen molar-refractivity contribution >= 4 is 11.8 Å². The Bertz CT molecular complexity index is 539. The molecule has 1 atom stereocenters. The third-order valence-electron chi connectivity index (χ3n) is 4.00. The molecule has 1 aliphatic rings. The third kappa shape index (κ3) is 3.85. The summed E-state index contributed by atoms with van der Waals surface area (Å²) in [6.07, 6.45) is 0.867. The fourth-order valence-electron chi connectivity index (χ4n) is 2.70. The molecule has 0 aromatic heterocycles. The Hall–Kier alpha value is -1.88. The molecule has 2 N–H and O–H groups in total. The molecule has 120 valence electrons. The smallest absolute Gasteiger partial charge is 0.253 e. The molecule has 5 nitrogen and oxygen atoms in total. The van der Waals surface area contributed by atoms with E-state index >= 15 is 0 Å². The van der Waals surface area contributed by atoms with Gasteiger partial charge in [0.2, 0.25) is 5.91 Å². The Morgan fingerprint density at radius 1 is 1.32 bits per heavy atom. The van der Waals surface area contributed by atoms with E-state index in [2.05, 4.69) is 0 Å². The van der Waals surface area contributed by atoms with Crippen molar-refractivity contribution < 1.29 is 9.59 Å². The second-order valence-corrected chi connectivity index (χ2v) is 6.35. The van der Waals surface area contributed by atoms with Crippen LogP contribution >= 0.6 is 0 Å². The highest BCUT2D eigenvalue weighted by atomic mass is 16.2. The maximum Gasteiger partial charge on any atom is 0.253 e. The average molecular weight is 303 g/mol. The number of benzene rings is 1. The predicted octanol–water partition coefficient (Wildman–Crippen LogP) is 1.47. The van der Waals surface area contributed by atoms with Crippen LogP contribution in [-0.2, 0) is 11.3 Å². The number of amides is 2. The summed E-state index contributed by atoms with van der Waals surface area (Å²) >= 11 is 0. The molecule has 2 rings (SSSR count). The summed E-state index contributed by atoms with van der Waals surface area (Å²) in [4.78, 5) is 27.7. The third-order valence-corrected chi connectivity index (χ3v) is 4.00. The van der Waals surface area contributed by atoms with Crippen LogP contribution in [0.5, 0.6) is 0 Å². The molecule has 1 heterocycles. The van der Waals surface area contributed by atoms with Crippen molar-refractivity contribution in [1.29, 1.82) is 0 Å². The summed E-state index contributed by atoms with van der Waals surface area (Å²) in [6, 6.07) is 7.57. The zero-order valence-electron chi connectivity index (χ0n) is 13.6. The molecule has 0 aliphatic carbocycles. The lowest BCUT2D eigenvalue weighted by molar-refractivity contribution is -0.133. The summed E-state index contributed by atoms with van der Waals surface area (Å²) in [5, 5.41) is 0. The van der Waals surface area contributed by atoms with Gasteiger partial charge in [-0.15, -0.1) is 0 Å². The first-order chi connectivity index (χ1) is 10.4. The normalized spacial score (nSPS) is 17.9. The Morgan fingerprint density at radius 2 is 1.95 bits per heavy atom. The largest absolute Gasteiger partial charge is 0.341 e. The highest BCUT2D eigenvalue weighted by Crippen LogP contribution is 2.14. The van der Waals surface area contributed by atoms with E-state index in [1.54, 1.807) is 16.8 Å². The molecule has 22 heavy (non-hydrogen) atoms. The lowest BCUT2D eigenvalue weighted by Crippen LogP contribution is -2.32. The summed E-state index contributed by atoms with van der Waals surface area (Å²) in [7, 11) is 1.80. The first kappa shape index (κ1) is 16.5. The zero-order valence-corrected chi connectivity index (χ0v) is 13.6. The van der Waals surface area contributed by atoms with E-state index in [0.29, 0.717) is 18.7 Å². The Balaban J connectivity index is 1.98. The van der Waals surface area contributed by atoms with E-state index in [1.807, 2.05) is 38.1 Å². The summed E-state index contributed by atoms with van der Waals surface area (Å²) < 4.78 is 0. The SMILES string of the molecule is CC(C)C(=O)N(C)Cc1ccc(C(=O)N2CC[C@@H](N)C2)cc1. The minimum absolute atomic E-state index is 0.00905. The minimum atomic E-state index is -0.00905. The molecule has 0 saturated carbocycles. The van der Waals surface area contributed by atoms with Crippen molar-refractivity contribution in [2.45, 2.75) is 32.9 Å². The van der Waals surface area contributed by atoms with Gasteiger partial charge in [-0.1, -0.05) is 26.0 Å². The van der Waals surface area contributed by atoms with Gasteiger partial charge in [0.15, 0.2) is 0 Å². The van der Waals surface area contributed by atoms with Crippen LogP contribution in [-0.4, -0.2) is 47.8 Å². The van der Waals surface area contributed by atoms with Crippen LogP contribution in [0, 0.1) is 5.92 Å². The highest BCUT2D eigenvalue weighted by molar-refractivity contribution is 5.94. The van der Waals surface area contributed by atoms with Crippen molar-refractivity contribution in [1.82, 2.24) is 9.80 Å². The fraction of sp³-hybridized carbons (Fsp3) is 0.529. The summed E-state index contributed by atoms with van der Waals surface area (Å²) in [6.45, 7) is 5.70. The van der Waals surface area contributed by atoms with E-state index in [-0.39, 0.29) is 23.8 Å². The van der Waals surface area contributed by atoms with Gasteiger partial charge in [0.25, 0.3) is 5.91 Å². The molecule has 0 radical (unpaired) electrons. The minimum Gasteiger partial charge on any atom is -0.341 e.